The number of benzene rings is 1. The minimum absolute atomic E-state index is 0.0116. The molecule has 1 aromatic carbocycles. The van der Waals surface area contributed by atoms with Crippen molar-refractivity contribution in [3.05, 3.63) is 46.8 Å². The molecule has 27 heavy (non-hydrogen) atoms. The quantitative estimate of drug-likeness (QED) is 0.681. The van der Waals surface area contributed by atoms with Gasteiger partial charge in [0.15, 0.2) is 0 Å². The van der Waals surface area contributed by atoms with Gasteiger partial charge in [-0.25, -0.2) is 9.50 Å². The van der Waals surface area contributed by atoms with Gasteiger partial charge in [-0.15, -0.1) is 5.10 Å². The summed E-state index contributed by atoms with van der Waals surface area (Å²) < 4.78 is 7.57. The SMILES string of the molecule is Cc1nc2nc(SCC(=O)NCC3Cc4ccccc4O3)nn2c(C)c1C. The third kappa shape index (κ3) is 3.62. The van der Waals surface area contributed by atoms with Gasteiger partial charge in [0.1, 0.15) is 11.9 Å². The van der Waals surface area contributed by atoms with E-state index in [1.165, 1.54) is 17.3 Å². The molecular formula is C19H21N5O2S. The number of aryl methyl sites for hydroxylation is 2. The van der Waals surface area contributed by atoms with Gasteiger partial charge in [-0.2, -0.15) is 4.98 Å². The number of nitrogens with zero attached hydrogens (tertiary/aromatic N) is 4. The number of ether oxygens (including phenoxy) is 1. The van der Waals surface area contributed by atoms with Crippen molar-refractivity contribution in [3.63, 3.8) is 0 Å². The zero-order chi connectivity index (χ0) is 19.0. The third-order valence-corrected chi connectivity index (χ3v) is 5.65. The number of fused-ring (bicyclic) bond motifs is 2. The summed E-state index contributed by atoms with van der Waals surface area (Å²) in [6, 6.07) is 7.97. The smallest absolute Gasteiger partial charge is 0.253 e. The van der Waals surface area contributed by atoms with E-state index in [2.05, 4.69) is 26.4 Å². The van der Waals surface area contributed by atoms with Gasteiger partial charge in [0, 0.05) is 17.8 Å². The number of amides is 1. The van der Waals surface area contributed by atoms with Gasteiger partial charge >= 0.3 is 0 Å². The largest absolute Gasteiger partial charge is 0.488 e. The van der Waals surface area contributed by atoms with E-state index < -0.39 is 0 Å². The molecule has 7 nitrogen and oxygen atoms in total. The van der Waals surface area contributed by atoms with Crippen LogP contribution in [0.1, 0.15) is 22.5 Å². The van der Waals surface area contributed by atoms with Gasteiger partial charge in [0.05, 0.1) is 12.3 Å². The standard InChI is InChI=1S/C19H21N5O2S/c1-11-12(2)21-18-22-19(23-24(18)13(11)3)27-10-17(25)20-9-15-8-14-6-4-5-7-16(14)26-15/h4-7,15H,8-10H2,1-3H3,(H,20,25). The van der Waals surface area contributed by atoms with E-state index in [0.717, 1.165) is 29.1 Å². The first-order chi connectivity index (χ1) is 13.0. The maximum Gasteiger partial charge on any atom is 0.253 e. The second kappa shape index (κ2) is 7.19. The van der Waals surface area contributed by atoms with Crippen molar-refractivity contribution in [2.45, 2.75) is 38.5 Å². The molecule has 4 rings (SSSR count). The van der Waals surface area contributed by atoms with Crippen LogP contribution >= 0.6 is 11.8 Å². The van der Waals surface area contributed by atoms with Gasteiger partial charge < -0.3 is 10.1 Å². The lowest BCUT2D eigenvalue weighted by atomic mass is 10.1. The minimum atomic E-state index is -0.0598. The third-order valence-electron chi connectivity index (χ3n) is 4.81. The Morgan fingerprint density at radius 1 is 1.30 bits per heavy atom. The van der Waals surface area contributed by atoms with Gasteiger partial charge in [0.25, 0.3) is 5.78 Å². The van der Waals surface area contributed by atoms with Crippen LogP contribution < -0.4 is 10.1 Å². The molecule has 1 aliphatic rings. The highest BCUT2D eigenvalue weighted by Gasteiger charge is 2.22. The Balaban J connectivity index is 1.31. The van der Waals surface area contributed by atoms with Crippen molar-refractivity contribution in [1.29, 1.82) is 0 Å². The molecular weight excluding hydrogens is 362 g/mol. The number of carbonyl (C=O) groups is 1. The molecule has 3 aromatic rings. The molecule has 0 fully saturated rings. The number of hydrogen-bond acceptors (Lipinski definition) is 6. The normalized spacial score (nSPS) is 15.6. The van der Waals surface area contributed by atoms with E-state index in [9.17, 15) is 4.79 Å². The molecule has 1 amide bonds. The fourth-order valence-corrected chi connectivity index (χ4v) is 3.72. The van der Waals surface area contributed by atoms with Crippen molar-refractivity contribution >= 4 is 23.4 Å². The number of carbonyl (C=O) groups excluding carboxylic acids is 1. The summed E-state index contributed by atoms with van der Waals surface area (Å²) in [4.78, 5) is 21.0. The maximum absolute atomic E-state index is 12.2. The predicted molar refractivity (Wildman–Crippen MR) is 103 cm³/mol. The summed E-state index contributed by atoms with van der Waals surface area (Å²) in [5.41, 5.74) is 4.24. The Labute approximate surface area is 161 Å². The Morgan fingerprint density at radius 3 is 2.93 bits per heavy atom. The summed E-state index contributed by atoms with van der Waals surface area (Å²) in [5.74, 6) is 1.67. The zero-order valence-electron chi connectivity index (χ0n) is 15.5. The molecule has 0 aliphatic carbocycles. The fraction of sp³-hybridized carbons (Fsp3) is 0.368. The molecule has 0 saturated heterocycles. The summed E-state index contributed by atoms with van der Waals surface area (Å²) in [5, 5.41) is 7.93. The fourth-order valence-electron chi connectivity index (χ4n) is 3.08. The van der Waals surface area contributed by atoms with Gasteiger partial charge in [0.2, 0.25) is 11.1 Å². The van der Waals surface area contributed by atoms with Crippen LogP contribution in [0.4, 0.5) is 0 Å². The van der Waals surface area contributed by atoms with E-state index in [1.54, 1.807) is 4.52 Å². The Kier molecular flexibility index (Phi) is 4.73. The number of thioether (sulfide) groups is 1. The van der Waals surface area contributed by atoms with E-state index in [1.807, 2.05) is 39.0 Å². The first-order valence-corrected chi connectivity index (χ1v) is 9.84. The number of hydrogen-bond donors (Lipinski definition) is 1. The zero-order valence-corrected chi connectivity index (χ0v) is 16.3. The Hall–Kier alpha value is -2.61. The van der Waals surface area contributed by atoms with Crippen LogP contribution in [0.5, 0.6) is 5.75 Å². The Bertz CT molecular complexity index is 992. The van der Waals surface area contributed by atoms with Gasteiger partial charge in [-0.05, 0) is 38.0 Å². The summed E-state index contributed by atoms with van der Waals surface area (Å²) in [6.45, 7) is 6.46. The van der Waals surface area contributed by atoms with E-state index in [-0.39, 0.29) is 17.8 Å². The number of nitrogens with one attached hydrogen (secondary N) is 1. The van der Waals surface area contributed by atoms with Crippen molar-refractivity contribution in [2.24, 2.45) is 0 Å². The molecule has 0 saturated carbocycles. The lowest BCUT2D eigenvalue weighted by Crippen LogP contribution is -2.35. The van der Waals surface area contributed by atoms with E-state index in [4.69, 9.17) is 4.74 Å². The molecule has 0 spiro atoms. The molecule has 1 atom stereocenters. The first-order valence-electron chi connectivity index (χ1n) is 8.86. The molecule has 1 N–H and O–H groups in total. The van der Waals surface area contributed by atoms with Crippen molar-refractivity contribution < 1.29 is 9.53 Å². The first kappa shape index (κ1) is 17.8. The highest BCUT2D eigenvalue weighted by atomic mass is 32.2. The monoisotopic (exact) mass is 383 g/mol. The number of para-hydroxylation sites is 1. The molecule has 1 unspecified atom stereocenters. The highest BCUT2D eigenvalue weighted by molar-refractivity contribution is 7.99. The Morgan fingerprint density at radius 2 is 2.11 bits per heavy atom. The van der Waals surface area contributed by atoms with Crippen molar-refractivity contribution in [2.75, 3.05) is 12.3 Å². The van der Waals surface area contributed by atoms with Crippen molar-refractivity contribution in [1.82, 2.24) is 24.9 Å². The highest BCUT2D eigenvalue weighted by Crippen LogP contribution is 2.27. The summed E-state index contributed by atoms with van der Waals surface area (Å²) >= 11 is 1.31. The predicted octanol–water partition coefficient (Wildman–Crippen LogP) is 2.26. The molecule has 0 radical (unpaired) electrons. The van der Waals surface area contributed by atoms with Crippen molar-refractivity contribution in [3.8, 4) is 5.75 Å². The van der Waals surface area contributed by atoms with Crippen LogP contribution in [0.2, 0.25) is 0 Å². The maximum atomic E-state index is 12.2. The molecule has 1 aliphatic heterocycles. The molecule has 3 heterocycles. The molecule has 8 heteroatoms. The van der Waals surface area contributed by atoms with Gasteiger partial charge in [-0.3, -0.25) is 4.79 Å². The average Bonchev–Trinajstić information content (AvgIpc) is 3.26. The van der Waals surface area contributed by atoms with Crippen LogP contribution in [0, 0.1) is 20.8 Å². The van der Waals surface area contributed by atoms with Crippen LogP contribution in [0.15, 0.2) is 29.4 Å². The number of aromatic nitrogens is 4. The molecule has 0 bridgehead atoms. The molecule has 140 valence electrons. The summed E-state index contributed by atoms with van der Waals surface area (Å²) in [6.07, 6.45) is 0.809. The lowest BCUT2D eigenvalue weighted by molar-refractivity contribution is -0.118. The summed E-state index contributed by atoms with van der Waals surface area (Å²) in [7, 11) is 0. The lowest BCUT2D eigenvalue weighted by Gasteiger charge is -2.11. The number of rotatable bonds is 5. The second-order valence-electron chi connectivity index (χ2n) is 6.66. The van der Waals surface area contributed by atoms with E-state index in [0.29, 0.717) is 17.5 Å². The van der Waals surface area contributed by atoms with Crippen LogP contribution in [-0.2, 0) is 11.2 Å². The minimum Gasteiger partial charge on any atom is -0.488 e. The topological polar surface area (TPSA) is 81.4 Å². The average molecular weight is 383 g/mol. The van der Waals surface area contributed by atoms with Crippen LogP contribution in [0.3, 0.4) is 0 Å². The van der Waals surface area contributed by atoms with Crippen LogP contribution in [-0.4, -0.2) is 43.9 Å². The van der Waals surface area contributed by atoms with Gasteiger partial charge in [-0.1, -0.05) is 30.0 Å². The van der Waals surface area contributed by atoms with E-state index >= 15 is 0 Å². The second-order valence-corrected chi connectivity index (χ2v) is 7.60. The molecule has 2 aromatic heterocycles. The van der Waals surface area contributed by atoms with Crippen LogP contribution in [0.25, 0.3) is 5.78 Å².